The molecule has 1 amide bonds. The second kappa shape index (κ2) is 7.77. The van der Waals surface area contributed by atoms with E-state index in [9.17, 15) is 9.59 Å². The number of fused-ring (bicyclic) bond motifs is 1. The lowest BCUT2D eigenvalue weighted by molar-refractivity contribution is -0.115. The largest absolute Gasteiger partial charge is 0.325 e. The number of carbonyl (C=O) groups excluding carboxylic acids is 1. The molecule has 1 aromatic carbocycles. The van der Waals surface area contributed by atoms with Crippen molar-refractivity contribution in [3.63, 3.8) is 0 Å². The number of imidazole rings is 1. The Hall–Kier alpha value is -2.85. The molecule has 0 aliphatic heterocycles. The normalized spacial score (nSPS) is 14.8. The van der Waals surface area contributed by atoms with E-state index in [-0.39, 0.29) is 16.8 Å². The fraction of sp³-hybridized carbons (Fsp3) is 0.300. The predicted molar refractivity (Wildman–Crippen MR) is 118 cm³/mol. The van der Waals surface area contributed by atoms with Gasteiger partial charge in [0.05, 0.1) is 16.3 Å². The Bertz CT molecular complexity index is 1250. The molecule has 0 unspecified atom stereocenters. The number of amides is 1. The van der Waals surface area contributed by atoms with Crippen LogP contribution in [-0.4, -0.2) is 35.9 Å². The number of aromatic nitrogens is 5. The number of aromatic amines is 2. The van der Waals surface area contributed by atoms with E-state index in [4.69, 9.17) is 0 Å². The summed E-state index contributed by atoms with van der Waals surface area (Å²) >= 11 is 3.14. The summed E-state index contributed by atoms with van der Waals surface area (Å²) in [5, 5.41) is 14.2. The number of hydrogen-bond donors (Lipinski definition) is 3. The summed E-state index contributed by atoms with van der Waals surface area (Å²) in [6.45, 7) is 1.86. The van der Waals surface area contributed by atoms with Crippen LogP contribution in [0.15, 0.2) is 45.7 Å². The number of thiophene rings is 1. The van der Waals surface area contributed by atoms with E-state index in [0.29, 0.717) is 22.8 Å². The number of H-pyrrole nitrogens is 2. The predicted octanol–water partition coefficient (Wildman–Crippen LogP) is 3.55. The van der Waals surface area contributed by atoms with Gasteiger partial charge in [0.25, 0.3) is 0 Å². The first-order chi connectivity index (χ1) is 14.6. The van der Waals surface area contributed by atoms with Gasteiger partial charge >= 0.3 is 5.69 Å². The van der Waals surface area contributed by atoms with Crippen molar-refractivity contribution in [3.05, 3.63) is 56.9 Å². The van der Waals surface area contributed by atoms with Crippen LogP contribution in [0, 0.1) is 0 Å². The molecule has 5 rings (SSSR count). The van der Waals surface area contributed by atoms with E-state index in [0.717, 1.165) is 30.2 Å². The molecule has 10 heteroatoms. The number of benzene rings is 1. The zero-order valence-corrected chi connectivity index (χ0v) is 17.8. The lowest BCUT2D eigenvalue weighted by atomic mass is 10.2. The molecule has 0 saturated heterocycles. The fourth-order valence-corrected chi connectivity index (χ4v) is 4.98. The monoisotopic (exact) mass is 440 g/mol. The standard InChI is InChI=1S/C20H20N6O2S2/c1-11(18(27)21-12-4-7-15-16(9-12)23-19(28)22-15)30-20-25-24-17(26(20)13-5-6-13)10-14-3-2-8-29-14/h2-4,7-9,11,13H,5-6,10H2,1H3,(H,21,27)(H2,22,23,28)/t11-/m0/s1. The van der Waals surface area contributed by atoms with Crippen LogP contribution in [0.5, 0.6) is 0 Å². The third kappa shape index (κ3) is 3.92. The van der Waals surface area contributed by atoms with E-state index in [1.165, 1.54) is 16.6 Å². The molecule has 0 bridgehead atoms. The first-order valence-corrected chi connectivity index (χ1v) is 11.5. The van der Waals surface area contributed by atoms with Gasteiger partial charge in [0.1, 0.15) is 5.82 Å². The SMILES string of the molecule is C[C@H](Sc1nnc(Cc2cccs2)n1C1CC1)C(=O)Nc1ccc2[nH]c(=O)[nH]c2c1. The van der Waals surface area contributed by atoms with E-state index in [1.807, 2.05) is 13.0 Å². The maximum atomic E-state index is 12.8. The first kappa shape index (κ1) is 19.1. The summed E-state index contributed by atoms with van der Waals surface area (Å²) < 4.78 is 2.20. The summed E-state index contributed by atoms with van der Waals surface area (Å²) in [5.74, 6) is 0.833. The molecular formula is C20H20N6O2S2. The van der Waals surface area contributed by atoms with E-state index in [1.54, 1.807) is 29.5 Å². The van der Waals surface area contributed by atoms with E-state index >= 15 is 0 Å². The number of anilines is 1. The zero-order valence-electron chi connectivity index (χ0n) is 16.2. The molecular weight excluding hydrogens is 420 g/mol. The van der Waals surface area contributed by atoms with Crippen LogP contribution in [0.25, 0.3) is 11.0 Å². The van der Waals surface area contributed by atoms with Crippen molar-refractivity contribution in [2.75, 3.05) is 5.32 Å². The Morgan fingerprint density at radius 1 is 1.30 bits per heavy atom. The van der Waals surface area contributed by atoms with Gasteiger partial charge in [0, 0.05) is 23.0 Å². The Kier molecular flexibility index (Phi) is 4.95. The zero-order chi connectivity index (χ0) is 20.7. The summed E-state index contributed by atoms with van der Waals surface area (Å²) in [7, 11) is 0. The highest BCUT2D eigenvalue weighted by atomic mass is 32.2. The van der Waals surface area contributed by atoms with Gasteiger partial charge in [0.2, 0.25) is 5.91 Å². The number of thioether (sulfide) groups is 1. The smallest absolute Gasteiger partial charge is 0.323 e. The van der Waals surface area contributed by atoms with Gasteiger partial charge in [-0.3, -0.25) is 4.79 Å². The van der Waals surface area contributed by atoms with Crippen molar-refractivity contribution >= 4 is 45.7 Å². The van der Waals surface area contributed by atoms with Crippen molar-refractivity contribution in [1.29, 1.82) is 0 Å². The molecule has 30 heavy (non-hydrogen) atoms. The number of nitrogens with one attached hydrogen (secondary N) is 3. The third-order valence-electron chi connectivity index (χ3n) is 4.99. The van der Waals surface area contributed by atoms with Crippen LogP contribution < -0.4 is 11.0 Å². The molecule has 4 aromatic rings. The van der Waals surface area contributed by atoms with Crippen LogP contribution in [0.1, 0.15) is 36.5 Å². The molecule has 3 aromatic heterocycles. The van der Waals surface area contributed by atoms with Crippen molar-refractivity contribution in [2.45, 2.75) is 42.6 Å². The van der Waals surface area contributed by atoms with Gasteiger partial charge in [-0.05, 0) is 49.4 Å². The van der Waals surface area contributed by atoms with Crippen LogP contribution in [-0.2, 0) is 11.2 Å². The first-order valence-electron chi connectivity index (χ1n) is 9.72. The maximum absolute atomic E-state index is 12.8. The van der Waals surface area contributed by atoms with Gasteiger partial charge in [0.15, 0.2) is 5.16 Å². The fourth-order valence-electron chi connectivity index (χ4n) is 3.34. The van der Waals surface area contributed by atoms with Crippen molar-refractivity contribution in [3.8, 4) is 0 Å². The number of rotatable bonds is 7. The molecule has 3 N–H and O–H groups in total. The Balaban J connectivity index is 1.30. The van der Waals surface area contributed by atoms with Crippen molar-refractivity contribution < 1.29 is 4.79 Å². The van der Waals surface area contributed by atoms with E-state index in [2.05, 4.69) is 41.5 Å². The average molecular weight is 441 g/mol. The second-order valence-electron chi connectivity index (χ2n) is 7.34. The highest BCUT2D eigenvalue weighted by Crippen LogP contribution is 2.40. The van der Waals surface area contributed by atoms with E-state index < -0.39 is 0 Å². The van der Waals surface area contributed by atoms with Gasteiger partial charge in [-0.1, -0.05) is 17.8 Å². The molecule has 0 spiro atoms. The molecule has 8 nitrogen and oxygen atoms in total. The highest BCUT2D eigenvalue weighted by molar-refractivity contribution is 8.00. The van der Waals surface area contributed by atoms with Gasteiger partial charge in [-0.2, -0.15) is 0 Å². The Morgan fingerprint density at radius 2 is 2.13 bits per heavy atom. The van der Waals surface area contributed by atoms with Gasteiger partial charge in [-0.15, -0.1) is 21.5 Å². The molecule has 1 aliphatic rings. The maximum Gasteiger partial charge on any atom is 0.323 e. The van der Waals surface area contributed by atoms with Gasteiger partial charge < -0.3 is 19.9 Å². The summed E-state index contributed by atoms with van der Waals surface area (Å²) in [4.78, 5) is 30.8. The van der Waals surface area contributed by atoms with Crippen LogP contribution in [0.3, 0.4) is 0 Å². The van der Waals surface area contributed by atoms with Gasteiger partial charge in [-0.25, -0.2) is 4.79 Å². The van der Waals surface area contributed by atoms with Crippen molar-refractivity contribution in [2.24, 2.45) is 0 Å². The van der Waals surface area contributed by atoms with Crippen LogP contribution >= 0.6 is 23.1 Å². The summed E-state index contributed by atoms with van der Waals surface area (Å²) in [6.07, 6.45) is 3.01. The molecule has 0 radical (unpaired) electrons. The average Bonchev–Trinajstić information content (AvgIpc) is 3.10. The third-order valence-corrected chi connectivity index (χ3v) is 6.93. The Labute approximate surface area is 180 Å². The van der Waals surface area contributed by atoms with Crippen LogP contribution in [0.4, 0.5) is 5.69 Å². The molecule has 3 heterocycles. The number of nitrogens with zero attached hydrogens (tertiary/aromatic N) is 3. The lowest BCUT2D eigenvalue weighted by Crippen LogP contribution is -2.23. The minimum Gasteiger partial charge on any atom is -0.325 e. The molecule has 1 atom stereocenters. The minimum absolute atomic E-state index is 0.123. The second-order valence-corrected chi connectivity index (χ2v) is 9.69. The molecule has 154 valence electrons. The molecule has 1 saturated carbocycles. The lowest BCUT2D eigenvalue weighted by Gasteiger charge is -2.13. The summed E-state index contributed by atoms with van der Waals surface area (Å²) in [5.41, 5.74) is 1.73. The topological polar surface area (TPSA) is 108 Å². The number of carbonyl (C=O) groups is 1. The molecule has 1 fully saturated rings. The summed E-state index contributed by atoms with van der Waals surface area (Å²) in [6, 6.07) is 9.86. The quantitative estimate of drug-likeness (QED) is 0.381. The molecule has 1 aliphatic carbocycles. The Morgan fingerprint density at radius 3 is 2.90 bits per heavy atom. The van der Waals surface area contributed by atoms with Crippen molar-refractivity contribution in [1.82, 2.24) is 24.7 Å². The minimum atomic E-state index is -0.345. The van der Waals surface area contributed by atoms with Crippen LogP contribution in [0.2, 0.25) is 0 Å². The highest BCUT2D eigenvalue weighted by Gasteiger charge is 2.31. The number of hydrogen-bond acceptors (Lipinski definition) is 6.